The zero-order chi connectivity index (χ0) is 12.5. The third kappa shape index (κ3) is 1.95. The Kier molecular flexibility index (Phi) is 3.20. The number of hydrogen-bond acceptors (Lipinski definition) is 2. The van der Waals surface area contributed by atoms with Crippen LogP contribution in [0, 0.1) is 12.3 Å². The zero-order valence-electron chi connectivity index (χ0n) is 10.1. The molecule has 0 spiro atoms. The van der Waals surface area contributed by atoms with Crippen molar-refractivity contribution in [2.75, 3.05) is 6.54 Å². The van der Waals surface area contributed by atoms with Crippen LogP contribution < -0.4 is 5.73 Å². The molecule has 3 heteroatoms. The molecule has 0 bridgehead atoms. The van der Waals surface area contributed by atoms with Crippen LogP contribution in [0.25, 0.3) is 0 Å². The van der Waals surface area contributed by atoms with Gasteiger partial charge < -0.3 is 10.8 Å². The second-order valence-corrected chi connectivity index (χ2v) is 5.01. The van der Waals surface area contributed by atoms with Gasteiger partial charge in [0.2, 0.25) is 0 Å². The Morgan fingerprint density at radius 3 is 2.35 bits per heavy atom. The third-order valence-electron chi connectivity index (χ3n) is 4.05. The van der Waals surface area contributed by atoms with Crippen LogP contribution in [0.3, 0.4) is 0 Å². The monoisotopic (exact) mass is 233 g/mol. The standard InChI is InChI=1S/C14H19NO2/c1-10-3-5-11(6-4-10)12(9-15)14(13(16)17)7-2-8-14/h3-6,12H,2,7-9,15H2,1H3,(H,16,17). The Hall–Kier alpha value is -1.35. The minimum atomic E-state index is -0.695. The van der Waals surface area contributed by atoms with E-state index in [1.165, 1.54) is 5.56 Å². The molecule has 1 aliphatic carbocycles. The first-order valence-electron chi connectivity index (χ1n) is 6.10. The van der Waals surface area contributed by atoms with E-state index in [1.807, 2.05) is 31.2 Å². The molecule has 1 saturated carbocycles. The van der Waals surface area contributed by atoms with E-state index in [1.54, 1.807) is 0 Å². The first-order valence-corrected chi connectivity index (χ1v) is 6.10. The SMILES string of the molecule is Cc1ccc(C(CN)C2(C(=O)O)CCC2)cc1. The molecule has 0 amide bonds. The Morgan fingerprint density at radius 1 is 1.41 bits per heavy atom. The molecule has 2 rings (SSSR count). The minimum Gasteiger partial charge on any atom is -0.481 e. The molecule has 0 heterocycles. The molecule has 1 aromatic rings. The van der Waals surface area contributed by atoms with E-state index < -0.39 is 11.4 Å². The molecule has 0 radical (unpaired) electrons. The van der Waals surface area contributed by atoms with Crippen molar-refractivity contribution in [2.45, 2.75) is 32.1 Å². The van der Waals surface area contributed by atoms with Crippen molar-refractivity contribution < 1.29 is 9.90 Å². The van der Waals surface area contributed by atoms with E-state index in [4.69, 9.17) is 5.73 Å². The molecule has 0 aromatic heterocycles. The normalized spacial score (nSPS) is 19.4. The highest BCUT2D eigenvalue weighted by Gasteiger charge is 2.50. The predicted molar refractivity (Wildman–Crippen MR) is 66.9 cm³/mol. The van der Waals surface area contributed by atoms with E-state index in [9.17, 15) is 9.90 Å². The fourth-order valence-corrected chi connectivity index (χ4v) is 2.75. The minimum absolute atomic E-state index is 0.0608. The highest BCUT2D eigenvalue weighted by Crippen LogP contribution is 2.51. The summed E-state index contributed by atoms with van der Waals surface area (Å²) in [4.78, 5) is 11.5. The van der Waals surface area contributed by atoms with Gasteiger partial charge in [-0.25, -0.2) is 0 Å². The summed E-state index contributed by atoms with van der Waals surface area (Å²) in [6, 6.07) is 8.06. The topological polar surface area (TPSA) is 63.3 Å². The molecule has 0 saturated heterocycles. The van der Waals surface area contributed by atoms with Crippen molar-refractivity contribution in [3.05, 3.63) is 35.4 Å². The Morgan fingerprint density at radius 2 is 2.00 bits per heavy atom. The van der Waals surface area contributed by atoms with E-state index >= 15 is 0 Å². The Balaban J connectivity index is 2.32. The van der Waals surface area contributed by atoms with Crippen molar-refractivity contribution in [1.82, 2.24) is 0 Å². The van der Waals surface area contributed by atoms with E-state index in [-0.39, 0.29) is 5.92 Å². The lowest BCUT2D eigenvalue weighted by Gasteiger charge is -2.44. The largest absolute Gasteiger partial charge is 0.481 e. The van der Waals surface area contributed by atoms with Crippen LogP contribution in [-0.2, 0) is 4.79 Å². The van der Waals surface area contributed by atoms with E-state index in [0.29, 0.717) is 6.54 Å². The van der Waals surface area contributed by atoms with Crippen LogP contribution >= 0.6 is 0 Å². The van der Waals surface area contributed by atoms with Gasteiger partial charge in [0, 0.05) is 12.5 Å². The summed E-state index contributed by atoms with van der Waals surface area (Å²) < 4.78 is 0. The fraction of sp³-hybridized carbons (Fsp3) is 0.500. The first-order chi connectivity index (χ1) is 8.10. The number of aliphatic carboxylic acids is 1. The number of carboxylic acids is 1. The second kappa shape index (κ2) is 4.49. The molecule has 1 unspecified atom stereocenters. The molecule has 1 atom stereocenters. The molecule has 17 heavy (non-hydrogen) atoms. The summed E-state index contributed by atoms with van der Waals surface area (Å²) >= 11 is 0. The van der Waals surface area contributed by atoms with E-state index in [2.05, 4.69) is 0 Å². The quantitative estimate of drug-likeness (QED) is 0.838. The zero-order valence-corrected chi connectivity index (χ0v) is 10.1. The maximum absolute atomic E-state index is 11.5. The van der Waals surface area contributed by atoms with Gasteiger partial charge in [-0.15, -0.1) is 0 Å². The van der Waals surface area contributed by atoms with Crippen LogP contribution in [0.1, 0.15) is 36.3 Å². The van der Waals surface area contributed by atoms with Crippen LogP contribution in [0.2, 0.25) is 0 Å². The van der Waals surface area contributed by atoms with Crippen molar-refractivity contribution in [1.29, 1.82) is 0 Å². The van der Waals surface area contributed by atoms with Gasteiger partial charge in [0.25, 0.3) is 0 Å². The molecular weight excluding hydrogens is 214 g/mol. The van der Waals surface area contributed by atoms with Gasteiger partial charge >= 0.3 is 5.97 Å². The summed E-state index contributed by atoms with van der Waals surface area (Å²) in [5, 5.41) is 9.45. The Labute approximate surface area is 102 Å². The number of nitrogens with two attached hydrogens (primary N) is 1. The predicted octanol–water partition coefficient (Wildman–Crippen LogP) is 2.29. The lowest BCUT2D eigenvalue weighted by molar-refractivity contribution is -0.156. The van der Waals surface area contributed by atoms with Crippen molar-refractivity contribution in [3.8, 4) is 0 Å². The van der Waals surface area contributed by atoms with Gasteiger partial charge in [0.1, 0.15) is 0 Å². The van der Waals surface area contributed by atoms with Crippen LogP contribution in [-0.4, -0.2) is 17.6 Å². The summed E-state index contributed by atoms with van der Waals surface area (Å²) in [5.41, 5.74) is 7.43. The number of aryl methyl sites for hydroxylation is 1. The molecule has 92 valence electrons. The van der Waals surface area contributed by atoms with E-state index in [0.717, 1.165) is 24.8 Å². The van der Waals surface area contributed by atoms with Crippen molar-refractivity contribution in [3.63, 3.8) is 0 Å². The van der Waals surface area contributed by atoms with Gasteiger partial charge in [-0.3, -0.25) is 4.79 Å². The average molecular weight is 233 g/mol. The molecule has 1 aliphatic rings. The molecule has 3 N–H and O–H groups in total. The number of carbonyl (C=O) groups is 1. The summed E-state index contributed by atoms with van der Waals surface area (Å²) in [5.74, 6) is -0.755. The molecule has 1 aromatic carbocycles. The van der Waals surface area contributed by atoms with Gasteiger partial charge in [-0.05, 0) is 25.3 Å². The first kappa shape index (κ1) is 12.1. The highest BCUT2D eigenvalue weighted by atomic mass is 16.4. The van der Waals surface area contributed by atoms with Gasteiger partial charge in [-0.1, -0.05) is 36.2 Å². The lowest BCUT2D eigenvalue weighted by Crippen LogP contribution is -2.45. The van der Waals surface area contributed by atoms with Crippen molar-refractivity contribution in [2.24, 2.45) is 11.1 Å². The van der Waals surface area contributed by atoms with Crippen LogP contribution in [0.4, 0.5) is 0 Å². The Bertz CT molecular complexity index is 407. The molecule has 0 aliphatic heterocycles. The maximum Gasteiger partial charge on any atom is 0.310 e. The third-order valence-corrected chi connectivity index (χ3v) is 4.05. The van der Waals surface area contributed by atoms with Gasteiger partial charge in [0.15, 0.2) is 0 Å². The van der Waals surface area contributed by atoms with Crippen LogP contribution in [0.15, 0.2) is 24.3 Å². The fourth-order valence-electron chi connectivity index (χ4n) is 2.75. The smallest absolute Gasteiger partial charge is 0.310 e. The highest BCUT2D eigenvalue weighted by molar-refractivity contribution is 5.77. The average Bonchev–Trinajstić information content (AvgIpc) is 2.24. The lowest BCUT2D eigenvalue weighted by atomic mass is 9.59. The summed E-state index contributed by atoms with van der Waals surface area (Å²) in [6.07, 6.45) is 2.49. The summed E-state index contributed by atoms with van der Waals surface area (Å²) in [7, 11) is 0. The molecular formula is C14H19NO2. The summed E-state index contributed by atoms with van der Waals surface area (Å²) in [6.45, 7) is 2.42. The number of carboxylic acid groups (broad SMARTS) is 1. The number of rotatable bonds is 4. The van der Waals surface area contributed by atoms with Crippen molar-refractivity contribution >= 4 is 5.97 Å². The second-order valence-electron chi connectivity index (χ2n) is 5.01. The number of hydrogen-bond donors (Lipinski definition) is 2. The number of benzene rings is 1. The molecule has 1 fully saturated rings. The maximum atomic E-state index is 11.5. The van der Waals surface area contributed by atoms with Crippen LogP contribution in [0.5, 0.6) is 0 Å². The van der Waals surface area contributed by atoms with Gasteiger partial charge in [-0.2, -0.15) is 0 Å². The van der Waals surface area contributed by atoms with Gasteiger partial charge in [0.05, 0.1) is 5.41 Å². The molecule has 3 nitrogen and oxygen atoms in total.